The van der Waals surface area contributed by atoms with E-state index in [1.165, 1.54) is 0 Å². The summed E-state index contributed by atoms with van der Waals surface area (Å²) in [4.78, 5) is 15.3. The smallest absolute Gasteiger partial charge is 0.305 e. The number of carbonyl (C=O) groups excluding carboxylic acids is 1. The summed E-state index contributed by atoms with van der Waals surface area (Å²) in [6.07, 6.45) is 5.96. The van der Waals surface area contributed by atoms with E-state index in [0.29, 0.717) is 13.0 Å². The van der Waals surface area contributed by atoms with Crippen molar-refractivity contribution in [2.24, 2.45) is 7.05 Å². The molecule has 0 aliphatic heterocycles. The minimum absolute atomic E-state index is 0.113. The Morgan fingerprint density at radius 1 is 1.53 bits per heavy atom. The molecule has 0 aliphatic rings. The van der Waals surface area contributed by atoms with Crippen molar-refractivity contribution in [2.75, 3.05) is 19.7 Å². The first-order valence-corrected chi connectivity index (χ1v) is 6.06. The van der Waals surface area contributed by atoms with Crippen molar-refractivity contribution < 1.29 is 9.53 Å². The molecule has 0 saturated carbocycles. The van der Waals surface area contributed by atoms with E-state index in [-0.39, 0.29) is 5.97 Å². The van der Waals surface area contributed by atoms with Gasteiger partial charge in [0.05, 0.1) is 6.61 Å². The van der Waals surface area contributed by atoms with Crippen molar-refractivity contribution in [2.45, 2.75) is 26.2 Å². The average molecular weight is 239 g/mol. The summed E-state index contributed by atoms with van der Waals surface area (Å²) in [5.41, 5.74) is 0. The standard InChI is InChI=1S/C12H21N3O2/c1-3-17-12(16)5-4-7-13-8-6-11-14-9-10-15(11)2/h9-10,13H,3-8H2,1-2H3. The highest BCUT2D eigenvalue weighted by atomic mass is 16.5. The largest absolute Gasteiger partial charge is 0.466 e. The Bertz CT molecular complexity index is 336. The number of hydrogen-bond acceptors (Lipinski definition) is 4. The summed E-state index contributed by atoms with van der Waals surface area (Å²) in [7, 11) is 1.99. The predicted octanol–water partition coefficient (Wildman–Crippen LogP) is 0.895. The molecule has 0 atom stereocenters. The Kier molecular flexibility index (Phi) is 6.32. The number of rotatable bonds is 8. The molecule has 17 heavy (non-hydrogen) atoms. The minimum Gasteiger partial charge on any atom is -0.466 e. The van der Waals surface area contributed by atoms with E-state index in [4.69, 9.17) is 4.74 Å². The molecule has 0 amide bonds. The molecule has 5 heteroatoms. The van der Waals surface area contributed by atoms with Crippen LogP contribution in [0.1, 0.15) is 25.6 Å². The van der Waals surface area contributed by atoms with Crippen LogP contribution in [0.3, 0.4) is 0 Å². The second kappa shape index (κ2) is 7.84. The van der Waals surface area contributed by atoms with Crippen molar-refractivity contribution in [1.29, 1.82) is 0 Å². The first-order valence-electron chi connectivity index (χ1n) is 6.06. The summed E-state index contributed by atoms with van der Waals surface area (Å²) in [5, 5.41) is 3.29. The number of nitrogens with one attached hydrogen (secondary N) is 1. The van der Waals surface area contributed by atoms with Crippen LogP contribution in [-0.2, 0) is 23.0 Å². The Morgan fingerprint density at radius 2 is 2.35 bits per heavy atom. The van der Waals surface area contributed by atoms with E-state index in [1.54, 1.807) is 6.20 Å². The molecule has 1 aromatic rings. The molecule has 1 heterocycles. The van der Waals surface area contributed by atoms with Gasteiger partial charge in [0.2, 0.25) is 0 Å². The molecule has 0 fully saturated rings. The van der Waals surface area contributed by atoms with Crippen LogP contribution in [0.15, 0.2) is 12.4 Å². The van der Waals surface area contributed by atoms with Gasteiger partial charge in [-0.1, -0.05) is 0 Å². The van der Waals surface area contributed by atoms with Gasteiger partial charge in [-0.25, -0.2) is 4.98 Å². The topological polar surface area (TPSA) is 56.1 Å². The molecule has 5 nitrogen and oxygen atoms in total. The van der Waals surface area contributed by atoms with Crippen molar-refractivity contribution >= 4 is 5.97 Å². The fourth-order valence-electron chi connectivity index (χ4n) is 1.55. The summed E-state index contributed by atoms with van der Waals surface area (Å²) in [5.74, 6) is 0.960. The van der Waals surface area contributed by atoms with Gasteiger partial charge in [0.25, 0.3) is 0 Å². The third-order valence-electron chi connectivity index (χ3n) is 2.49. The van der Waals surface area contributed by atoms with Crippen LogP contribution in [0.5, 0.6) is 0 Å². The maximum atomic E-state index is 11.0. The zero-order chi connectivity index (χ0) is 12.5. The maximum absolute atomic E-state index is 11.0. The van der Waals surface area contributed by atoms with E-state index in [1.807, 2.05) is 24.7 Å². The van der Waals surface area contributed by atoms with E-state index in [2.05, 4.69) is 10.3 Å². The predicted molar refractivity (Wildman–Crippen MR) is 65.6 cm³/mol. The van der Waals surface area contributed by atoms with Gasteiger partial charge in [0.15, 0.2) is 0 Å². The summed E-state index contributed by atoms with van der Waals surface area (Å²) < 4.78 is 6.86. The number of esters is 1. The van der Waals surface area contributed by atoms with Gasteiger partial charge in [0, 0.05) is 38.8 Å². The molecule has 0 unspecified atom stereocenters. The highest BCUT2D eigenvalue weighted by Crippen LogP contribution is 1.95. The lowest BCUT2D eigenvalue weighted by Crippen LogP contribution is -2.20. The number of aryl methyl sites for hydroxylation is 1. The first kappa shape index (κ1) is 13.7. The van der Waals surface area contributed by atoms with E-state index in [0.717, 1.165) is 31.8 Å². The Labute approximate surface area is 102 Å². The van der Waals surface area contributed by atoms with E-state index < -0.39 is 0 Å². The number of hydrogen-bond donors (Lipinski definition) is 1. The van der Waals surface area contributed by atoms with Crippen LogP contribution < -0.4 is 5.32 Å². The van der Waals surface area contributed by atoms with Crippen LogP contribution in [0.4, 0.5) is 0 Å². The fraction of sp³-hybridized carbons (Fsp3) is 0.667. The monoisotopic (exact) mass is 239 g/mol. The van der Waals surface area contributed by atoms with Crippen molar-refractivity contribution in [3.63, 3.8) is 0 Å². The van der Waals surface area contributed by atoms with Gasteiger partial charge in [-0.2, -0.15) is 0 Å². The summed E-state index contributed by atoms with van der Waals surface area (Å²) in [6, 6.07) is 0. The first-order chi connectivity index (χ1) is 8.24. The number of imidazole rings is 1. The highest BCUT2D eigenvalue weighted by molar-refractivity contribution is 5.69. The lowest BCUT2D eigenvalue weighted by molar-refractivity contribution is -0.143. The molecule has 1 rings (SSSR count). The molecule has 0 bridgehead atoms. The molecular formula is C12H21N3O2. The van der Waals surface area contributed by atoms with Crippen molar-refractivity contribution in [1.82, 2.24) is 14.9 Å². The SMILES string of the molecule is CCOC(=O)CCCNCCc1nccn1C. The van der Waals surface area contributed by atoms with E-state index in [9.17, 15) is 4.79 Å². The molecule has 0 aromatic carbocycles. The number of aromatic nitrogens is 2. The molecule has 1 aromatic heterocycles. The van der Waals surface area contributed by atoms with Gasteiger partial charge >= 0.3 is 5.97 Å². The molecular weight excluding hydrogens is 218 g/mol. The van der Waals surface area contributed by atoms with Crippen molar-refractivity contribution in [3.8, 4) is 0 Å². The Balaban J connectivity index is 1.98. The van der Waals surface area contributed by atoms with Gasteiger partial charge in [-0.3, -0.25) is 4.79 Å². The van der Waals surface area contributed by atoms with Gasteiger partial charge in [-0.15, -0.1) is 0 Å². The fourth-order valence-corrected chi connectivity index (χ4v) is 1.55. The second-order valence-electron chi connectivity index (χ2n) is 3.86. The number of ether oxygens (including phenoxy) is 1. The number of nitrogens with zero attached hydrogens (tertiary/aromatic N) is 2. The third-order valence-corrected chi connectivity index (χ3v) is 2.49. The zero-order valence-corrected chi connectivity index (χ0v) is 10.6. The van der Waals surface area contributed by atoms with Gasteiger partial charge in [-0.05, 0) is 19.9 Å². The molecule has 0 saturated heterocycles. The summed E-state index contributed by atoms with van der Waals surface area (Å²) in [6.45, 7) is 4.01. The lowest BCUT2D eigenvalue weighted by Gasteiger charge is -2.05. The third kappa shape index (κ3) is 5.49. The zero-order valence-electron chi connectivity index (χ0n) is 10.6. The Morgan fingerprint density at radius 3 is 3.00 bits per heavy atom. The van der Waals surface area contributed by atoms with Gasteiger partial charge < -0.3 is 14.6 Å². The molecule has 96 valence electrons. The van der Waals surface area contributed by atoms with Gasteiger partial charge in [0.1, 0.15) is 5.82 Å². The molecule has 1 N–H and O–H groups in total. The normalized spacial score (nSPS) is 10.5. The lowest BCUT2D eigenvalue weighted by atomic mass is 10.3. The second-order valence-corrected chi connectivity index (χ2v) is 3.86. The van der Waals surface area contributed by atoms with Crippen LogP contribution >= 0.6 is 0 Å². The van der Waals surface area contributed by atoms with E-state index >= 15 is 0 Å². The highest BCUT2D eigenvalue weighted by Gasteiger charge is 2.01. The molecule has 0 aliphatic carbocycles. The minimum atomic E-state index is -0.113. The summed E-state index contributed by atoms with van der Waals surface area (Å²) >= 11 is 0. The van der Waals surface area contributed by atoms with Crippen molar-refractivity contribution in [3.05, 3.63) is 18.2 Å². The van der Waals surface area contributed by atoms with Crippen LogP contribution in [0, 0.1) is 0 Å². The molecule has 0 spiro atoms. The quantitative estimate of drug-likeness (QED) is 0.541. The van der Waals surface area contributed by atoms with Crippen LogP contribution in [-0.4, -0.2) is 35.2 Å². The van der Waals surface area contributed by atoms with Crippen LogP contribution in [0.2, 0.25) is 0 Å². The average Bonchev–Trinajstić information content (AvgIpc) is 2.70. The van der Waals surface area contributed by atoms with Crippen LogP contribution in [0.25, 0.3) is 0 Å². The maximum Gasteiger partial charge on any atom is 0.305 e. The Hall–Kier alpha value is -1.36. The molecule has 0 radical (unpaired) electrons. The number of carbonyl (C=O) groups is 1.